The largest absolute Gasteiger partial charge is 0.461 e. The van der Waals surface area contributed by atoms with Crippen molar-refractivity contribution >= 4 is 23.4 Å². The van der Waals surface area contributed by atoms with Crippen molar-refractivity contribution in [3.05, 3.63) is 23.0 Å². The predicted molar refractivity (Wildman–Crippen MR) is 56.5 cm³/mol. The molecule has 15 heavy (non-hydrogen) atoms. The summed E-state index contributed by atoms with van der Waals surface area (Å²) in [4.78, 5) is 25.4. The van der Waals surface area contributed by atoms with Gasteiger partial charge in [0.15, 0.2) is 5.78 Å². The summed E-state index contributed by atoms with van der Waals surface area (Å²) in [6.45, 7) is 3.71. The van der Waals surface area contributed by atoms with E-state index in [9.17, 15) is 9.59 Å². The maximum Gasteiger partial charge on any atom is 0.355 e. The summed E-state index contributed by atoms with van der Waals surface area (Å²) in [5.74, 6) is -0.759. The minimum absolute atomic E-state index is 0.0963. The van der Waals surface area contributed by atoms with E-state index in [1.54, 1.807) is 13.8 Å². The van der Waals surface area contributed by atoms with Crippen molar-refractivity contribution in [1.82, 2.24) is 4.98 Å². The lowest BCUT2D eigenvalue weighted by molar-refractivity contribution is 0.0519. The number of esters is 1. The van der Waals surface area contributed by atoms with Crippen LogP contribution in [0.5, 0.6) is 0 Å². The quantitative estimate of drug-likeness (QED) is 0.488. The fraction of sp³-hybridized carbons (Fsp3) is 0.400. The van der Waals surface area contributed by atoms with Gasteiger partial charge >= 0.3 is 5.97 Å². The highest BCUT2D eigenvalue weighted by Gasteiger charge is 2.18. The van der Waals surface area contributed by atoms with E-state index < -0.39 is 5.97 Å². The SMILES string of the molecule is CCOC(=O)c1[nH]cc(C(=O)CCl)c1C. The van der Waals surface area contributed by atoms with Gasteiger partial charge in [-0.25, -0.2) is 4.79 Å². The molecule has 0 fully saturated rings. The molecule has 5 heteroatoms. The third kappa shape index (κ3) is 2.39. The van der Waals surface area contributed by atoms with Crippen LogP contribution in [0.4, 0.5) is 0 Å². The average molecular weight is 230 g/mol. The topological polar surface area (TPSA) is 59.2 Å². The standard InChI is InChI=1S/C10H12ClNO3/c1-3-15-10(14)9-6(2)7(5-12-9)8(13)4-11/h5,12H,3-4H2,1-2H3. The van der Waals surface area contributed by atoms with Crippen molar-refractivity contribution in [2.45, 2.75) is 13.8 Å². The number of ketones is 1. The molecule has 1 aromatic rings. The number of halogens is 1. The Morgan fingerprint density at radius 3 is 2.73 bits per heavy atom. The summed E-state index contributed by atoms with van der Waals surface area (Å²) in [5, 5.41) is 0. The summed E-state index contributed by atoms with van der Waals surface area (Å²) in [7, 11) is 0. The number of aromatic amines is 1. The van der Waals surface area contributed by atoms with Gasteiger partial charge in [0, 0.05) is 11.8 Å². The summed E-state index contributed by atoms with van der Waals surface area (Å²) in [5.41, 5.74) is 1.33. The summed E-state index contributed by atoms with van der Waals surface area (Å²) in [6, 6.07) is 0. The van der Waals surface area contributed by atoms with E-state index in [1.807, 2.05) is 0 Å². The van der Waals surface area contributed by atoms with Crippen LogP contribution in [0.15, 0.2) is 6.20 Å². The van der Waals surface area contributed by atoms with E-state index in [1.165, 1.54) is 6.20 Å². The predicted octanol–water partition coefficient (Wildman–Crippen LogP) is 1.92. The van der Waals surface area contributed by atoms with Gasteiger partial charge in [-0.15, -0.1) is 11.6 Å². The highest BCUT2D eigenvalue weighted by atomic mass is 35.5. The van der Waals surface area contributed by atoms with Gasteiger partial charge in [0.25, 0.3) is 0 Å². The van der Waals surface area contributed by atoms with Gasteiger partial charge in [-0.1, -0.05) is 0 Å². The first-order valence-corrected chi connectivity index (χ1v) is 5.09. The molecule has 0 aliphatic carbocycles. The first-order chi connectivity index (χ1) is 7.11. The molecule has 0 bridgehead atoms. The molecule has 0 unspecified atom stereocenters. The third-order valence-corrected chi connectivity index (χ3v) is 2.28. The second-order valence-electron chi connectivity index (χ2n) is 2.98. The number of carbonyl (C=O) groups excluding carboxylic acids is 2. The molecule has 0 saturated heterocycles. The lowest BCUT2D eigenvalue weighted by atomic mass is 10.1. The van der Waals surface area contributed by atoms with Crippen LogP contribution < -0.4 is 0 Å². The molecule has 4 nitrogen and oxygen atoms in total. The molecular weight excluding hydrogens is 218 g/mol. The summed E-state index contributed by atoms with van der Waals surface area (Å²) >= 11 is 5.43. The maximum atomic E-state index is 11.4. The molecule has 0 amide bonds. The number of rotatable bonds is 4. The zero-order valence-electron chi connectivity index (χ0n) is 8.59. The van der Waals surface area contributed by atoms with Gasteiger partial charge in [0.1, 0.15) is 5.69 Å². The fourth-order valence-corrected chi connectivity index (χ4v) is 1.42. The highest BCUT2D eigenvalue weighted by molar-refractivity contribution is 6.30. The van der Waals surface area contributed by atoms with Crippen molar-refractivity contribution in [2.24, 2.45) is 0 Å². The van der Waals surface area contributed by atoms with Crippen molar-refractivity contribution in [3.8, 4) is 0 Å². The van der Waals surface area contributed by atoms with Crippen molar-refractivity contribution < 1.29 is 14.3 Å². The number of carbonyl (C=O) groups is 2. The second kappa shape index (κ2) is 4.98. The van der Waals surface area contributed by atoms with E-state index in [0.717, 1.165) is 0 Å². The maximum absolute atomic E-state index is 11.4. The second-order valence-corrected chi connectivity index (χ2v) is 3.25. The first-order valence-electron chi connectivity index (χ1n) is 4.56. The van der Waals surface area contributed by atoms with Crippen LogP contribution in [0.3, 0.4) is 0 Å². The van der Waals surface area contributed by atoms with Crippen molar-refractivity contribution in [1.29, 1.82) is 0 Å². The number of aromatic nitrogens is 1. The molecule has 0 spiro atoms. The number of H-pyrrole nitrogens is 1. The molecule has 1 rings (SSSR count). The van der Waals surface area contributed by atoms with Crippen molar-refractivity contribution in [2.75, 3.05) is 12.5 Å². The lowest BCUT2D eigenvalue weighted by Gasteiger charge is -2.00. The number of hydrogen-bond acceptors (Lipinski definition) is 3. The summed E-state index contributed by atoms with van der Waals surface area (Å²) < 4.78 is 4.82. The fourth-order valence-electron chi connectivity index (χ4n) is 1.27. The van der Waals surface area contributed by atoms with Crippen LogP contribution in [0.2, 0.25) is 0 Å². The Labute approximate surface area is 92.6 Å². The molecule has 0 aromatic carbocycles. The lowest BCUT2D eigenvalue weighted by Crippen LogP contribution is -2.07. The minimum atomic E-state index is -0.455. The molecule has 1 heterocycles. The molecule has 1 N–H and O–H groups in total. The molecule has 82 valence electrons. The van der Waals surface area contributed by atoms with E-state index in [-0.39, 0.29) is 11.7 Å². The Morgan fingerprint density at radius 2 is 2.20 bits per heavy atom. The van der Waals surface area contributed by atoms with Crippen LogP contribution in [-0.4, -0.2) is 29.2 Å². The number of hydrogen-bond donors (Lipinski definition) is 1. The van der Waals surface area contributed by atoms with Gasteiger partial charge in [0.05, 0.1) is 12.5 Å². The number of alkyl halides is 1. The van der Waals surface area contributed by atoms with E-state index in [0.29, 0.717) is 23.4 Å². The molecule has 0 atom stereocenters. The number of nitrogens with one attached hydrogen (secondary N) is 1. The van der Waals surface area contributed by atoms with Crippen LogP contribution in [0.1, 0.15) is 33.3 Å². The molecule has 0 saturated carbocycles. The first kappa shape index (κ1) is 11.8. The normalized spacial score (nSPS) is 10.1. The Hall–Kier alpha value is -1.29. The zero-order valence-corrected chi connectivity index (χ0v) is 9.35. The highest BCUT2D eigenvalue weighted by Crippen LogP contribution is 2.15. The monoisotopic (exact) mass is 229 g/mol. The van der Waals surface area contributed by atoms with Gasteiger partial charge in [-0.05, 0) is 19.4 Å². The zero-order chi connectivity index (χ0) is 11.4. The number of Topliss-reactive ketones (excluding diaryl/α,β-unsaturated/α-hetero) is 1. The molecule has 0 radical (unpaired) electrons. The van der Waals surface area contributed by atoms with E-state index in [4.69, 9.17) is 16.3 Å². The molecule has 1 aromatic heterocycles. The van der Waals surface area contributed by atoms with Crippen LogP contribution >= 0.6 is 11.6 Å². The van der Waals surface area contributed by atoms with Gasteiger partial charge in [0.2, 0.25) is 0 Å². The Bertz CT molecular complexity index is 384. The Kier molecular flexibility index (Phi) is 3.91. The van der Waals surface area contributed by atoms with E-state index >= 15 is 0 Å². The Morgan fingerprint density at radius 1 is 1.53 bits per heavy atom. The molecule has 0 aliphatic rings. The smallest absolute Gasteiger partial charge is 0.355 e. The number of ether oxygens (including phenoxy) is 1. The third-order valence-electron chi connectivity index (χ3n) is 2.04. The van der Waals surface area contributed by atoms with Crippen LogP contribution in [0, 0.1) is 6.92 Å². The average Bonchev–Trinajstić information content (AvgIpc) is 2.59. The minimum Gasteiger partial charge on any atom is -0.461 e. The van der Waals surface area contributed by atoms with E-state index in [2.05, 4.69) is 4.98 Å². The van der Waals surface area contributed by atoms with Gasteiger partial charge in [-0.3, -0.25) is 4.79 Å². The summed E-state index contributed by atoms with van der Waals surface area (Å²) in [6.07, 6.45) is 1.48. The Balaban J connectivity index is 2.98. The van der Waals surface area contributed by atoms with Gasteiger partial charge in [-0.2, -0.15) is 0 Å². The molecular formula is C10H12ClNO3. The van der Waals surface area contributed by atoms with Crippen LogP contribution in [-0.2, 0) is 4.74 Å². The van der Waals surface area contributed by atoms with Crippen LogP contribution in [0.25, 0.3) is 0 Å². The van der Waals surface area contributed by atoms with Gasteiger partial charge < -0.3 is 9.72 Å². The molecule has 0 aliphatic heterocycles. The van der Waals surface area contributed by atoms with Crippen molar-refractivity contribution in [3.63, 3.8) is 0 Å².